The van der Waals surface area contributed by atoms with E-state index in [2.05, 4.69) is 21.4 Å². The molecular weight excluding hydrogens is 475 g/mol. The Morgan fingerprint density at radius 2 is 2.03 bits per heavy atom. The summed E-state index contributed by atoms with van der Waals surface area (Å²) in [5.41, 5.74) is 8.53. The molecule has 0 fully saturated rings. The predicted molar refractivity (Wildman–Crippen MR) is 138 cm³/mol. The molecule has 2 aromatic carbocycles. The molecule has 37 heavy (non-hydrogen) atoms. The topological polar surface area (TPSA) is 126 Å². The van der Waals surface area contributed by atoms with Crippen LogP contribution in [-0.4, -0.2) is 54.6 Å². The fraction of sp³-hybridized carbons (Fsp3) is 0.333. The summed E-state index contributed by atoms with van der Waals surface area (Å²) in [6, 6.07) is 10.8. The van der Waals surface area contributed by atoms with Crippen LogP contribution in [0.5, 0.6) is 11.5 Å². The minimum absolute atomic E-state index is 0.00688. The normalized spacial score (nSPS) is 14.1. The molecule has 0 radical (unpaired) electrons. The smallest absolute Gasteiger partial charge is 0.224 e. The zero-order valence-electron chi connectivity index (χ0n) is 21.0. The van der Waals surface area contributed by atoms with Gasteiger partial charge in [-0.25, -0.2) is 14.4 Å². The fourth-order valence-electron chi connectivity index (χ4n) is 4.44. The first-order chi connectivity index (χ1) is 17.9. The summed E-state index contributed by atoms with van der Waals surface area (Å²) in [5.74, 6) is -0.0454. The number of hydrogen-bond donors (Lipinski definition) is 2. The van der Waals surface area contributed by atoms with Crippen molar-refractivity contribution in [3.05, 3.63) is 59.2 Å². The van der Waals surface area contributed by atoms with E-state index in [1.54, 1.807) is 23.1 Å². The van der Waals surface area contributed by atoms with Crippen molar-refractivity contribution in [2.75, 3.05) is 39.6 Å². The highest BCUT2D eigenvalue weighted by atomic mass is 19.1. The Morgan fingerprint density at radius 1 is 1.27 bits per heavy atom. The molecule has 10 heteroatoms. The van der Waals surface area contributed by atoms with Gasteiger partial charge in [0.1, 0.15) is 11.3 Å². The molecule has 0 saturated carbocycles. The first-order valence-corrected chi connectivity index (χ1v) is 12.0. The van der Waals surface area contributed by atoms with Crippen LogP contribution in [0, 0.1) is 17.1 Å². The number of carbonyl (C=O) groups excluding carboxylic acids is 1. The monoisotopic (exact) mass is 504 g/mol. The highest BCUT2D eigenvalue weighted by molar-refractivity contribution is 5.92. The minimum atomic E-state index is -0.669. The van der Waals surface area contributed by atoms with Gasteiger partial charge < -0.3 is 25.4 Å². The molecule has 0 saturated heterocycles. The summed E-state index contributed by atoms with van der Waals surface area (Å²) in [7, 11) is 2.77. The Labute approximate surface area is 214 Å². The number of nitrogens with zero attached hydrogens (tertiary/aromatic N) is 4. The van der Waals surface area contributed by atoms with Crippen molar-refractivity contribution in [2.24, 2.45) is 0 Å². The number of nitrogens with one attached hydrogen (secondary N) is 1. The van der Waals surface area contributed by atoms with Gasteiger partial charge in [-0.3, -0.25) is 4.79 Å². The lowest BCUT2D eigenvalue weighted by molar-refractivity contribution is -0.131. The van der Waals surface area contributed by atoms with Gasteiger partial charge in [-0.1, -0.05) is 25.1 Å². The Kier molecular flexibility index (Phi) is 7.84. The largest absolute Gasteiger partial charge is 0.493 e. The van der Waals surface area contributed by atoms with Gasteiger partial charge in [-0.15, -0.1) is 0 Å². The fourth-order valence-corrected chi connectivity index (χ4v) is 4.44. The van der Waals surface area contributed by atoms with Crippen LogP contribution >= 0.6 is 0 Å². The quantitative estimate of drug-likeness (QED) is 0.477. The van der Waals surface area contributed by atoms with Gasteiger partial charge in [0.05, 0.1) is 25.9 Å². The van der Waals surface area contributed by atoms with Gasteiger partial charge in [0, 0.05) is 30.9 Å². The number of ether oxygens (including phenoxy) is 2. The van der Waals surface area contributed by atoms with Gasteiger partial charge in [0.15, 0.2) is 23.1 Å². The van der Waals surface area contributed by atoms with Crippen LogP contribution in [0.25, 0.3) is 16.5 Å². The predicted octanol–water partition coefficient (Wildman–Crippen LogP) is 3.60. The Morgan fingerprint density at radius 3 is 2.62 bits per heavy atom. The van der Waals surface area contributed by atoms with Gasteiger partial charge in [0.25, 0.3) is 0 Å². The van der Waals surface area contributed by atoms with Gasteiger partial charge in [0.2, 0.25) is 5.91 Å². The van der Waals surface area contributed by atoms with E-state index in [1.165, 1.54) is 14.2 Å². The van der Waals surface area contributed by atoms with E-state index in [0.717, 1.165) is 11.1 Å². The lowest BCUT2D eigenvalue weighted by atomic mass is 10.0. The minimum Gasteiger partial charge on any atom is -0.493 e. The van der Waals surface area contributed by atoms with Gasteiger partial charge in [-0.05, 0) is 42.3 Å². The van der Waals surface area contributed by atoms with Crippen LogP contribution in [0.2, 0.25) is 0 Å². The molecule has 1 aromatic heterocycles. The molecule has 4 rings (SSSR count). The lowest BCUT2D eigenvalue weighted by Gasteiger charge is -2.28. The molecule has 2 heterocycles. The molecule has 3 N–H and O–H groups in total. The number of nitrogen functional groups attached to an aromatic ring is 1. The van der Waals surface area contributed by atoms with Crippen LogP contribution in [0.3, 0.4) is 0 Å². The Bertz CT molecular complexity index is 1380. The molecule has 0 spiro atoms. The van der Waals surface area contributed by atoms with E-state index in [9.17, 15) is 4.79 Å². The maximum absolute atomic E-state index is 15.1. The number of fused-ring (bicyclic) bond motifs is 1. The van der Waals surface area contributed by atoms with Crippen LogP contribution in [0.4, 0.5) is 10.2 Å². The number of methoxy groups -OCH3 is 2. The SMILES string of the molecule is CCN[C@H](CC(=O)N1CC=C(c2nc(N)c3cc(OC)c(OC)c(F)c3n2)CC1)c1ccc(C#N)cc1. The van der Waals surface area contributed by atoms with Gasteiger partial charge >= 0.3 is 0 Å². The molecular formula is C27H29FN6O3. The Hall–Kier alpha value is -4.23. The van der Waals surface area contributed by atoms with Crippen LogP contribution in [-0.2, 0) is 4.79 Å². The molecule has 0 aliphatic carbocycles. The van der Waals surface area contributed by atoms with E-state index in [1.807, 2.05) is 25.1 Å². The number of benzene rings is 2. The standard InChI is InChI=1S/C27H29FN6O3/c1-4-31-20(17-7-5-16(15-29)6-8-17)14-22(35)34-11-9-18(10-12-34)27-32-24-19(26(30)33-27)13-21(36-2)25(37-3)23(24)28/h5-9,13,20,31H,4,10-12,14H2,1-3H3,(H2,30,32,33)/t20-/m1/s1. The number of amides is 1. The molecule has 1 atom stereocenters. The third-order valence-electron chi connectivity index (χ3n) is 6.43. The zero-order chi connectivity index (χ0) is 26.5. The number of nitrogens with two attached hydrogens (primary N) is 1. The third-order valence-corrected chi connectivity index (χ3v) is 6.43. The van der Waals surface area contributed by atoms with E-state index in [-0.39, 0.29) is 41.2 Å². The summed E-state index contributed by atoms with van der Waals surface area (Å²) in [6.45, 7) is 3.56. The second kappa shape index (κ2) is 11.2. The van der Waals surface area contributed by atoms with Crippen molar-refractivity contribution in [2.45, 2.75) is 25.8 Å². The summed E-state index contributed by atoms with van der Waals surface area (Å²) in [5, 5.41) is 12.7. The number of nitriles is 1. The van der Waals surface area contributed by atoms with Crippen molar-refractivity contribution in [3.8, 4) is 17.6 Å². The van der Waals surface area contributed by atoms with E-state index in [0.29, 0.717) is 42.8 Å². The molecule has 0 bridgehead atoms. The van der Waals surface area contributed by atoms with Crippen molar-refractivity contribution in [1.82, 2.24) is 20.2 Å². The summed E-state index contributed by atoms with van der Waals surface area (Å²) >= 11 is 0. The van der Waals surface area contributed by atoms with Crippen LogP contribution < -0.4 is 20.5 Å². The van der Waals surface area contributed by atoms with Crippen molar-refractivity contribution >= 4 is 28.2 Å². The maximum atomic E-state index is 15.1. The second-order valence-electron chi connectivity index (χ2n) is 8.62. The number of hydrogen-bond acceptors (Lipinski definition) is 8. The molecule has 9 nitrogen and oxygen atoms in total. The molecule has 1 aliphatic rings. The Balaban J connectivity index is 1.52. The van der Waals surface area contributed by atoms with Crippen molar-refractivity contribution < 1.29 is 18.7 Å². The highest BCUT2D eigenvalue weighted by Crippen LogP contribution is 2.37. The van der Waals surface area contributed by atoms with Crippen molar-refractivity contribution in [3.63, 3.8) is 0 Å². The molecule has 1 amide bonds. The second-order valence-corrected chi connectivity index (χ2v) is 8.62. The van der Waals surface area contributed by atoms with E-state index >= 15 is 4.39 Å². The van der Waals surface area contributed by atoms with Gasteiger partial charge in [-0.2, -0.15) is 5.26 Å². The molecule has 1 aliphatic heterocycles. The molecule has 192 valence electrons. The average molecular weight is 505 g/mol. The summed E-state index contributed by atoms with van der Waals surface area (Å²) in [4.78, 5) is 23.7. The van der Waals surface area contributed by atoms with Crippen molar-refractivity contribution in [1.29, 1.82) is 5.26 Å². The zero-order valence-corrected chi connectivity index (χ0v) is 21.0. The number of carbonyl (C=O) groups is 1. The molecule has 0 unspecified atom stereocenters. The van der Waals surface area contributed by atoms with Crippen LogP contribution in [0.15, 0.2) is 36.4 Å². The third kappa shape index (κ3) is 5.32. The number of anilines is 1. The number of aromatic nitrogens is 2. The number of rotatable bonds is 8. The summed E-state index contributed by atoms with van der Waals surface area (Å²) in [6.07, 6.45) is 2.67. The first-order valence-electron chi connectivity index (χ1n) is 12.0. The summed E-state index contributed by atoms with van der Waals surface area (Å²) < 4.78 is 25.5. The lowest BCUT2D eigenvalue weighted by Crippen LogP contribution is -2.37. The van der Waals surface area contributed by atoms with Crippen LogP contribution in [0.1, 0.15) is 42.8 Å². The molecule has 3 aromatic rings. The highest BCUT2D eigenvalue weighted by Gasteiger charge is 2.25. The average Bonchev–Trinajstić information content (AvgIpc) is 2.93. The van der Waals surface area contributed by atoms with E-state index < -0.39 is 5.82 Å². The number of halogens is 1. The first kappa shape index (κ1) is 25.9. The van der Waals surface area contributed by atoms with E-state index in [4.69, 9.17) is 20.5 Å². The maximum Gasteiger partial charge on any atom is 0.224 e.